The Labute approximate surface area is 66.7 Å². The van der Waals surface area contributed by atoms with Gasteiger partial charge in [0.15, 0.2) is 10.8 Å². The average Bonchev–Trinajstić information content (AvgIpc) is 2.39. The van der Waals surface area contributed by atoms with E-state index in [4.69, 9.17) is 11.6 Å². The number of nitrogens with two attached hydrogens (primary N) is 2. The molecular weight excluding hydrogens is 164 g/mol. The number of nitrogen functional groups attached to an aromatic ring is 1. The Kier molecular flexibility index (Phi) is 2.17. The molecule has 1 aromatic heterocycles. The van der Waals surface area contributed by atoms with Crippen LogP contribution in [0.1, 0.15) is 5.69 Å². The van der Waals surface area contributed by atoms with Crippen LogP contribution in [0.5, 0.6) is 0 Å². The molecule has 1 radical (unpaired) electrons. The van der Waals surface area contributed by atoms with Gasteiger partial charge in [-0.2, -0.15) is 5.10 Å². The van der Waals surface area contributed by atoms with Crippen molar-refractivity contribution in [1.29, 1.82) is 0 Å². The van der Waals surface area contributed by atoms with Crippen LogP contribution in [0, 0.1) is 0 Å². The largest absolute Gasteiger partial charge is 0.375 e. The van der Waals surface area contributed by atoms with Gasteiger partial charge >= 0.3 is 0 Å². The quantitative estimate of drug-likeness (QED) is 0.354. The summed E-state index contributed by atoms with van der Waals surface area (Å²) in [4.78, 5) is 13.9. The van der Waals surface area contributed by atoms with Crippen LogP contribution in [0.3, 0.4) is 0 Å². The Morgan fingerprint density at radius 3 is 2.91 bits per heavy atom. The molecule has 0 saturated carbocycles. The van der Waals surface area contributed by atoms with Crippen molar-refractivity contribution in [2.75, 3.05) is 5.73 Å². The van der Waals surface area contributed by atoms with Crippen molar-refractivity contribution >= 4 is 28.5 Å². The minimum atomic E-state index is -0.0158. The molecule has 1 heterocycles. The van der Waals surface area contributed by atoms with Gasteiger partial charge in [0.05, 0.1) is 0 Å². The van der Waals surface area contributed by atoms with Gasteiger partial charge in [-0.1, -0.05) is 0 Å². The molecule has 0 amide bonds. The van der Waals surface area contributed by atoms with Crippen LogP contribution in [0.25, 0.3) is 0 Å². The van der Waals surface area contributed by atoms with E-state index in [0.29, 0.717) is 10.8 Å². The lowest BCUT2D eigenvalue weighted by atomic mass is 10.3. The lowest BCUT2D eigenvalue weighted by molar-refractivity contribution is 0.566. The van der Waals surface area contributed by atoms with Crippen LogP contribution in [0.2, 0.25) is 0 Å². The number of thiazole rings is 1. The van der Waals surface area contributed by atoms with Crippen LogP contribution in [-0.2, 0) is 4.79 Å². The van der Waals surface area contributed by atoms with Crippen molar-refractivity contribution in [1.82, 2.24) is 4.98 Å². The lowest BCUT2D eigenvalue weighted by Crippen LogP contribution is -2.05. The summed E-state index contributed by atoms with van der Waals surface area (Å²) < 4.78 is 0. The number of aromatic nitrogens is 1. The van der Waals surface area contributed by atoms with E-state index in [2.05, 4.69) is 10.1 Å². The molecule has 1 rings (SSSR count). The molecule has 0 unspecified atom stereocenters. The number of hydrogen-bond acceptors (Lipinski definition) is 6. The summed E-state index contributed by atoms with van der Waals surface area (Å²) in [5.41, 5.74) is 5.66. The number of hydrazone groups is 1. The highest BCUT2D eigenvalue weighted by atomic mass is 32.1. The standard InChI is InChI=1S/C5H5N4OS/c6-5-8-4(2-11-5)3(1-10)9-7/h2H,7H2,(H2,6,8). The first-order valence-electron chi connectivity index (χ1n) is 2.65. The second kappa shape index (κ2) is 3.11. The molecule has 6 heteroatoms. The number of carbonyl (C=O) groups excluding carboxylic acids is 1. The predicted octanol–water partition coefficient (Wildman–Crippen LogP) is -0.502. The molecule has 0 spiro atoms. The maximum absolute atomic E-state index is 10.1. The maximum Gasteiger partial charge on any atom is 0.257 e. The SMILES string of the molecule is NN=C([C]=O)c1csc(N)n1. The molecule has 11 heavy (non-hydrogen) atoms. The number of nitrogens with zero attached hydrogens (tertiary/aromatic N) is 2. The second-order valence-electron chi connectivity index (χ2n) is 1.65. The van der Waals surface area contributed by atoms with Crippen molar-refractivity contribution < 1.29 is 4.79 Å². The van der Waals surface area contributed by atoms with Crippen LogP contribution in [0.15, 0.2) is 10.5 Å². The van der Waals surface area contributed by atoms with E-state index in [9.17, 15) is 4.79 Å². The highest BCUT2D eigenvalue weighted by Gasteiger charge is 2.06. The van der Waals surface area contributed by atoms with E-state index in [0.717, 1.165) is 0 Å². The molecule has 0 atom stereocenters. The normalized spacial score (nSPS) is 11.5. The van der Waals surface area contributed by atoms with E-state index < -0.39 is 0 Å². The highest BCUT2D eigenvalue weighted by molar-refractivity contribution is 7.13. The Hall–Kier alpha value is -1.43. The molecule has 0 aliphatic heterocycles. The number of anilines is 1. The first kappa shape index (κ1) is 7.67. The molecule has 0 saturated heterocycles. The van der Waals surface area contributed by atoms with Crippen LogP contribution < -0.4 is 11.6 Å². The molecule has 0 aliphatic rings. The first-order chi connectivity index (χ1) is 5.27. The van der Waals surface area contributed by atoms with Gasteiger partial charge in [0.25, 0.3) is 6.29 Å². The molecule has 0 fully saturated rings. The molecule has 0 bridgehead atoms. The third-order valence-corrected chi connectivity index (χ3v) is 1.66. The summed E-state index contributed by atoms with van der Waals surface area (Å²) in [7, 11) is 0. The lowest BCUT2D eigenvalue weighted by Gasteiger charge is -1.85. The zero-order valence-electron chi connectivity index (χ0n) is 5.44. The van der Waals surface area contributed by atoms with Gasteiger partial charge in [-0.3, -0.25) is 4.79 Å². The van der Waals surface area contributed by atoms with Crippen LogP contribution in [-0.4, -0.2) is 17.0 Å². The molecular formula is C5H5N4OS. The summed E-state index contributed by atoms with van der Waals surface area (Å²) in [6.07, 6.45) is 1.54. The van der Waals surface area contributed by atoms with E-state index in [1.165, 1.54) is 11.3 Å². The average molecular weight is 169 g/mol. The zero-order chi connectivity index (χ0) is 8.27. The summed E-state index contributed by atoms with van der Waals surface area (Å²) in [5, 5.41) is 5.13. The predicted molar refractivity (Wildman–Crippen MR) is 42.9 cm³/mol. The van der Waals surface area contributed by atoms with Gasteiger partial charge in [-0.25, -0.2) is 4.98 Å². The smallest absolute Gasteiger partial charge is 0.257 e. The highest BCUT2D eigenvalue weighted by Crippen LogP contribution is 2.10. The molecule has 0 aromatic carbocycles. The summed E-state index contributed by atoms with van der Waals surface area (Å²) in [6, 6.07) is 0. The van der Waals surface area contributed by atoms with Gasteiger partial charge in [0.2, 0.25) is 0 Å². The zero-order valence-corrected chi connectivity index (χ0v) is 6.26. The summed E-state index contributed by atoms with van der Waals surface area (Å²) in [5.74, 6) is 4.87. The summed E-state index contributed by atoms with van der Waals surface area (Å²) in [6.45, 7) is 0. The number of hydrogen-bond donors (Lipinski definition) is 2. The van der Waals surface area contributed by atoms with E-state index in [1.807, 2.05) is 0 Å². The van der Waals surface area contributed by atoms with Gasteiger partial charge < -0.3 is 11.6 Å². The van der Waals surface area contributed by atoms with Crippen molar-refractivity contribution in [2.45, 2.75) is 0 Å². The van der Waals surface area contributed by atoms with Gasteiger partial charge in [0.1, 0.15) is 5.69 Å². The van der Waals surface area contributed by atoms with Crippen molar-refractivity contribution in [3.8, 4) is 0 Å². The van der Waals surface area contributed by atoms with Crippen LogP contribution >= 0.6 is 11.3 Å². The maximum atomic E-state index is 10.1. The monoisotopic (exact) mass is 169 g/mol. The Bertz CT molecular complexity index is 292. The van der Waals surface area contributed by atoms with Gasteiger partial charge in [0, 0.05) is 5.38 Å². The van der Waals surface area contributed by atoms with Crippen LogP contribution in [0.4, 0.5) is 5.13 Å². The minimum absolute atomic E-state index is 0.0158. The fraction of sp³-hybridized carbons (Fsp3) is 0. The van der Waals surface area contributed by atoms with E-state index in [-0.39, 0.29) is 5.71 Å². The molecule has 0 aliphatic carbocycles. The topological polar surface area (TPSA) is 94.4 Å². The Morgan fingerprint density at radius 2 is 2.55 bits per heavy atom. The van der Waals surface area contributed by atoms with Crippen molar-refractivity contribution in [3.63, 3.8) is 0 Å². The van der Waals surface area contributed by atoms with Crippen molar-refractivity contribution in [2.24, 2.45) is 10.9 Å². The second-order valence-corrected chi connectivity index (χ2v) is 2.54. The third-order valence-electron chi connectivity index (χ3n) is 0.990. The molecule has 57 valence electrons. The molecule has 5 nitrogen and oxygen atoms in total. The third kappa shape index (κ3) is 1.53. The number of rotatable bonds is 2. The van der Waals surface area contributed by atoms with Crippen molar-refractivity contribution in [3.05, 3.63) is 11.1 Å². The Balaban J connectivity index is 3.00. The molecule has 4 N–H and O–H groups in total. The van der Waals surface area contributed by atoms with Gasteiger partial charge in [-0.15, -0.1) is 11.3 Å². The first-order valence-corrected chi connectivity index (χ1v) is 3.53. The summed E-state index contributed by atoms with van der Waals surface area (Å²) >= 11 is 1.21. The minimum Gasteiger partial charge on any atom is -0.375 e. The Morgan fingerprint density at radius 1 is 1.82 bits per heavy atom. The van der Waals surface area contributed by atoms with Gasteiger partial charge in [-0.05, 0) is 0 Å². The molecule has 1 aromatic rings. The fourth-order valence-electron chi connectivity index (χ4n) is 0.541. The fourth-order valence-corrected chi connectivity index (χ4v) is 1.09. The van der Waals surface area contributed by atoms with E-state index >= 15 is 0 Å². The van der Waals surface area contributed by atoms with E-state index in [1.54, 1.807) is 11.7 Å².